The molecule has 0 saturated carbocycles. The normalized spacial score (nSPS) is 11.0. The number of pyridine rings is 1. The first-order valence-electron chi connectivity index (χ1n) is 8.86. The summed E-state index contributed by atoms with van der Waals surface area (Å²) in [5.74, 6) is 0.419. The minimum Gasteiger partial charge on any atom is -0.496 e. The minimum atomic E-state index is -0.431. The SMILES string of the molecule is COC(=O)c1cccc(Cc2c(-c3ccsc3)[nH]c3cc(OC)c(C)cc23)n1. The molecule has 0 fully saturated rings. The maximum atomic E-state index is 11.8. The molecule has 0 aliphatic heterocycles. The van der Waals surface area contributed by atoms with Crippen LogP contribution in [-0.2, 0) is 11.2 Å². The Morgan fingerprint density at radius 3 is 2.79 bits per heavy atom. The Hall–Kier alpha value is -3.12. The van der Waals surface area contributed by atoms with E-state index >= 15 is 0 Å². The van der Waals surface area contributed by atoms with Crippen LogP contribution in [0.25, 0.3) is 22.2 Å². The molecule has 3 aromatic heterocycles. The number of hydrogen-bond acceptors (Lipinski definition) is 5. The van der Waals surface area contributed by atoms with Crippen molar-refractivity contribution in [3.05, 3.63) is 69.7 Å². The van der Waals surface area contributed by atoms with Crippen molar-refractivity contribution < 1.29 is 14.3 Å². The summed E-state index contributed by atoms with van der Waals surface area (Å²) < 4.78 is 10.3. The number of nitrogens with one attached hydrogen (secondary N) is 1. The Morgan fingerprint density at radius 2 is 2.07 bits per heavy atom. The molecule has 0 aliphatic carbocycles. The van der Waals surface area contributed by atoms with Gasteiger partial charge in [0.2, 0.25) is 0 Å². The van der Waals surface area contributed by atoms with E-state index in [0.29, 0.717) is 12.1 Å². The number of esters is 1. The fourth-order valence-corrected chi connectivity index (χ4v) is 4.07. The van der Waals surface area contributed by atoms with Crippen molar-refractivity contribution >= 4 is 28.2 Å². The van der Waals surface area contributed by atoms with Crippen molar-refractivity contribution in [2.24, 2.45) is 0 Å². The highest BCUT2D eigenvalue weighted by molar-refractivity contribution is 7.08. The second-order valence-electron chi connectivity index (χ2n) is 6.54. The smallest absolute Gasteiger partial charge is 0.356 e. The van der Waals surface area contributed by atoms with Gasteiger partial charge in [-0.05, 0) is 47.7 Å². The monoisotopic (exact) mass is 392 g/mol. The van der Waals surface area contributed by atoms with Crippen molar-refractivity contribution in [2.75, 3.05) is 14.2 Å². The standard InChI is InChI=1S/C22H20N2O3S/c1-13-9-16-17(10-15-5-4-6-18(23-15)22(25)27-3)21(14-7-8-28-12-14)24-19(16)11-20(13)26-2/h4-9,11-12,24H,10H2,1-3H3. The Kier molecular flexibility index (Phi) is 4.88. The van der Waals surface area contributed by atoms with E-state index in [2.05, 4.69) is 32.9 Å². The molecule has 1 aromatic carbocycles. The van der Waals surface area contributed by atoms with E-state index in [-0.39, 0.29) is 0 Å². The third-order valence-electron chi connectivity index (χ3n) is 4.79. The molecule has 0 radical (unpaired) electrons. The van der Waals surface area contributed by atoms with Gasteiger partial charge in [0.1, 0.15) is 11.4 Å². The zero-order chi connectivity index (χ0) is 19.7. The number of aromatic nitrogens is 2. The summed E-state index contributed by atoms with van der Waals surface area (Å²) in [6.45, 7) is 2.04. The number of fused-ring (bicyclic) bond motifs is 1. The number of benzene rings is 1. The first-order chi connectivity index (χ1) is 13.6. The molecule has 4 rings (SSSR count). The predicted octanol–water partition coefficient (Wildman–Crippen LogP) is 4.99. The van der Waals surface area contributed by atoms with Crippen LogP contribution in [0.4, 0.5) is 0 Å². The van der Waals surface area contributed by atoms with E-state index in [1.165, 1.54) is 7.11 Å². The Balaban J connectivity index is 1.86. The fraction of sp³-hybridized carbons (Fsp3) is 0.182. The summed E-state index contributed by atoms with van der Waals surface area (Å²) in [7, 11) is 3.04. The van der Waals surface area contributed by atoms with Gasteiger partial charge in [0.05, 0.1) is 19.9 Å². The van der Waals surface area contributed by atoms with Crippen LogP contribution in [0, 0.1) is 6.92 Å². The van der Waals surface area contributed by atoms with Crippen molar-refractivity contribution in [3.8, 4) is 17.0 Å². The van der Waals surface area contributed by atoms with Gasteiger partial charge < -0.3 is 14.5 Å². The van der Waals surface area contributed by atoms with Gasteiger partial charge >= 0.3 is 5.97 Å². The summed E-state index contributed by atoms with van der Waals surface area (Å²) in [5, 5.41) is 5.31. The van der Waals surface area contributed by atoms with Gasteiger partial charge in [-0.2, -0.15) is 11.3 Å². The molecule has 0 atom stereocenters. The number of aromatic amines is 1. The summed E-state index contributed by atoms with van der Waals surface area (Å²) in [4.78, 5) is 19.9. The molecule has 4 aromatic rings. The second kappa shape index (κ2) is 7.48. The number of rotatable bonds is 5. The van der Waals surface area contributed by atoms with Gasteiger partial charge in [-0.3, -0.25) is 0 Å². The van der Waals surface area contributed by atoms with Crippen LogP contribution >= 0.6 is 11.3 Å². The number of H-pyrrole nitrogens is 1. The minimum absolute atomic E-state index is 0.315. The molecule has 3 heterocycles. The molecule has 0 bridgehead atoms. The lowest BCUT2D eigenvalue weighted by atomic mass is 10.0. The molecule has 1 N–H and O–H groups in total. The van der Waals surface area contributed by atoms with Crippen molar-refractivity contribution in [2.45, 2.75) is 13.3 Å². The summed E-state index contributed by atoms with van der Waals surface area (Å²) in [5.41, 5.74) is 6.56. The van der Waals surface area contributed by atoms with Crippen LogP contribution in [0.3, 0.4) is 0 Å². The molecule has 5 nitrogen and oxygen atoms in total. The number of methoxy groups -OCH3 is 2. The number of carbonyl (C=O) groups is 1. The topological polar surface area (TPSA) is 64.2 Å². The van der Waals surface area contributed by atoms with Gasteiger partial charge in [0.25, 0.3) is 0 Å². The van der Waals surface area contributed by atoms with Gasteiger partial charge in [-0.15, -0.1) is 0 Å². The highest BCUT2D eigenvalue weighted by Gasteiger charge is 2.17. The summed E-state index contributed by atoms with van der Waals surface area (Å²) >= 11 is 1.66. The summed E-state index contributed by atoms with van der Waals surface area (Å²) in [6, 6.07) is 11.7. The first-order valence-corrected chi connectivity index (χ1v) is 9.81. The lowest BCUT2D eigenvalue weighted by Crippen LogP contribution is -2.06. The van der Waals surface area contributed by atoms with Crippen LogP contribution in [0.2, 0.25) is 0 Å². The van der Waals surface area contributed by atoms with E-state index in [1.807, 2.05) is 25.1 Å². The van der Waals surface area contributed by atoms with Gasteiger partial charge in [-0.1, -0.05) is 6.07 Å². The Labute approximate surface area is 167 Å². The molecule has 6 heteroatoms. The predicted molar refractivity (Wildman–Crippen MR) is 111 cm³/mol. The average Bonchev–Trinajstić information content (AvgIpc) is 3.35. The third-order valence-corrected chi connectivity index (χ3v) is 5.47. The van der Waals surface area contributed by atoms with Crippen LogP contribution in [0.15, 0.2) is 47.2 Å². The second-order valence-corrected chi connectivity index (χ2v) is 7.32. The molecule has 28 heavy (non-hydrogen) atoms. The molecule has 0 saturated heterocycles. The molecular formula is C22H20N2O3S. The molecule has 142 valence electrons. The third kappa shape index (κ3) is 3.27. The van der Waals surface area contributed by atoms with Crippen LogP contribution < -0.4 is 4.74 Å². The number of nitrogens with zero attached hydrogens (tertiary/aromatic N) is 1. The lowest BCUT2D eigenvalue weighted by molar-refractivity contribution is 0.0593. The van der Waals surface area contributed by atoms with Crippen LogP contribution in [-0.4, -0.2) is 30.2 Å². The van der Waals surface area contributed by atoms with E-state index in [0.717, 1.165) is 44.7 Å². The van der Waals surface area contributed by atoms with Crippen molar-refractivity contribution in [1.29, 1.82) is 0 Å². The maximum absolute atomic E-state index is 11.8. The molecule has 0 spiro atoms. The van der Waals surface area contributed by atoms with Crippen LogP contribution in [0.5, 0.6) is 5.75 Å². The van der Waals surface area contributed by atoms with Crippen molar-refractivity contribution in [1.82, 2.24) is 9.97 Å². The van der Waals surface area contributed by atoms with Gasteiger partial charge in [-0.25, -0.2) is 9.78 Å². The van der Waals surface area contributed by atoms with Gasteiger partial charge in [0.15, 0.2) is 0 Å². The highest BCUT2D eigenvalue weighted by Crippen LogP contribution is 2.36. The molecule has 0 unspecified atom stereocenters. The summed E-state index contributed by atoms with van der Waals surface area (Å²) in [6.07, 6.45) is 0.599. The molecular weight excluding hydrogens is 372 g/mol. The van der Waals surface area contributed by atoms with Crippen LogP contribution in [0.1, 0.15) is 27.3 Å². The largest absolute Gasteiger partial charge is 0.496 e. The number of hydrogen-bond donors (Lipinski definition) is 1. The fourth-order valence-electron chi connectivity index (χ4n) is 3.42. The van der Waals surface area contributed by atoms with Crippen molar-refractivity contribution in [3.63, 3.8) is 0 Å². The Bertz CT molecular complexity index is 1150. The number of thiophene rings is 1. The molecule has 0 amide bonds. The number of ether oxygens (including phenoxy) is 2. The van der Waals surface area contributed by atoms with E-state index < -0.39 is 5.97 Å². The first kappa shape index (κ1) is 18.3. The average molecular weight is 392 g/mol. The van der Waals surface area contributed by atoms with E-state index in [1.54, 1.807) is 24.5 Å². The lowest BCUT2D eigenvalue weighted by Gasteiger charge is -2.07. The van der Waals surface area contributed by atoms with E-state index in [4.69, 9.17) is 9.47 Å². The number of carbonyl (C=O) groups excluding carboxylic acids is 1. The zero-order valence-electron chi connectivity index (χ0n) is 15.9. The van der Waals surface area contributed by atoms with E-state index in [9.17, 15) is 4.79 Å². The zero-order valence-corrected chi connectivity index (χ0v) is 16.7. The van der Waals surface area contributed by atoms with Gasteiger partial charge in [0, 0.05) is 40.0 Å². The Morgan fingerprint density at radius 1 is 1.21 bits per heavy atom. The maximum Gasteiger partial charge on any atom is 0.356 e. The number of aryl methyl sites for hydroxylation is 1. The quantitative estimate of drug-likeness (QED) is 0.486. The molecule has 0 aliphatic rings. The highest BCUT2D eigenvalue weighted by atomic mass is 32.1.